The van der Waals surface area contributed by atoms with Crippen LogP contribution in [0, 0.1) is 0 Å². The Kier molecular flexibility index (Phi) is 5.55. The highest BCUT2D eigenvalue weighted by molar-refractivity contribution is 5.86. The van der Waals surface area contributed by atoms with Crippen LogP contribution in [-0.4, -0.2) is 41.5 Å². The summed E-state index contributed by atoms with van der Waals surface area (Å²) in [7, 11) is 0. The third kappa shape index (κ3) is 4.12. The maximum absolute atomic E-state index is 13.4. The van der Waals surface area contributed by atoms with Crippen molar-refractivity contribution in [3.63, 3.8) is 0 Å². The quantitative estimate of drug-likeness (QED) is 0.498. The second-order valence-corrected chi connectivity index (χ2v) is 8.23. The zero-order chi connectivity index (χ0) is 21.0. The number of piperazine rings is 1. The molecule has 3 aromatic carbocycles. The number of nitrogens with zero attached hydrogens (tertiary/aromatic N) is 1. The first kappa shape index (κ1) is 19.6. The minimum Gasteiger partial charge on any atom is -0.361 e. The molecule has 1 fully saturated rings. The van der Waals surface area contributed by atoms with Crippen LogP contribution in [0.2, 0.25) is 0 Å². The molecule has 0 aliphatic carbocycles. The van der Waals surface area contributed by atoms with Crippen molar-refractivity contribution in [2.75, 3.05) is 19.6 Å². The minimum atomic E-state index is -0.194. The van der Waals surface area contributed by atoms with E-state index in [2.05, 4.69) is 71.0 Å². The second kappa shape index (κ2) is 8.78. The van der Waals surface area contributed by atoms with Crippen LogP contribution in [0.5, 0.6) is 0 Å². The Morgan fingerprint density at radius 3 is 2.23 bits per heavy atom. The van der Waals surface area contributed by atoms with Crippen LogP contribution in [0.1, 0.15) is 22.6 Å². The molecule has 2 heterocycles. The van der Waals surface area contributed by atoms with E-state index in [4.69, 9.17) is 0 Å². The molecule has 0 radical (unpaired) electrons. The van der Waals surface area contributed by atoms with E-state index in [-0.39, 0.29) is 17.9 Å². The minimum absolute atomic E-state index is 0.165. The number of hydrogen-bond donors (Lipinski definition) is 2. The zero-order valence-electron chi connectivity index (χ0n) is 17.5. The fourth-order valence-electron chi connectivity index (χ4n) is 4.65. The molecular weight excluding hydrogens is 382 g/mol. The number of para-hydroxylation sites is 1. The van der Waals surface area contributed by atoms with Gasteiger partial charge in [-0.25, -0.2) is 0 Å². The second-order valence-electron chi connectivity index (χ2n) is 8.23. The molecule has 1 aromatic heterocycles. The number of aromatic amines is 1. The van der Waals surface area contributed by atoms with Crippen LogP contribution in [0.15, 0.2) is 91.1 Å². The van der Waals surface area contributed by atoms with Crippen molar-refractivity contribution < 1.29 is 4.79 Å². The summed E-state index contributed by atoms with van der Waals surface area (Å²) in [6, 6.07) is 29.1. The van der Waals surface area contributed by atoms with E-state index in [0.29, 0.717) is 13.0 Å². The lowest BCUT2D eigenvalue weighted by Gasteiger charge is -2.36. The van der Waals surface area contributed by atoms with Crippen LogP contribution in [-0.2, 0) is 11.2 Å². The molecule has 4 heteroatoms. The van der Waals surface area contributed by atoms with Gasteiger partial charge in [-0.1, -0.05) is 78.9 Å². The summed E-state index contributed by atoms with van der Waals surface area (Å²) >= 11 is 0. The third-order valence-corrected chi connectivity index (χ3v) is 6.29. The fraction of sp³-hybridized carbons (Fsp3) is 0.222. The summed E-state index contributed by atoms with van der Waals surface area (Å²) in [5, 5.41) is 4.64. The molecule has 5 rings (SSSR count). The van der Waals surface area contributed by atoms with Gasteiger partial charge in [0.2, 0.25) is 5.91 Å². The Morgan fingerprint density at radius 2 is 1.52 bits per heavy atom. The molecule has 1 saturated heterocycles. The van der Waals surface area contributed by atoms with Crippen molar-refractivity contribution in [1.82, 2.24) is 15.2 Å². The van der Waals surface area contributed by atoms with Crippen molar-refractivity contribution in [2.45, 2.75) is 18.4 Å². The number of hydrogen-bond acceptors (Lipinski definition) is 2. The summed E-state index contributed by atoms with van der Waals surface area (Å²) in [5.41, 5.74) is 4.79. The maximum atomic E-state index is 13.4. The monoisotopic (exact) mass is 409 g/mol. The number of carbonyl (C=O) groups is 1. The van der Waals surface area contributed by atoms with Gasteiger partial charge in [-0.3, -0.25) is 4.79 Å². The van der Waals surface area contributed by atoms with Crippen molar-refractivity contribution in [3.05, 3.63) is 108 Å². The summed E-state index contributed by atoms with van der Waals surface area (Å²) < 4.78 is 0. The van der Waals surface area contributed by atoms with Crippen LogP contribution in [0.4, 0.5) is 0 Å². The van der Waals surface area contributed by atoms with Crippen molar-refractivity contribution in [2.24, 2.45) is 0 Å². The molecule has 31 heavy (non-hydrogen) atoms. The van der Waals surface area contributed by atoms with Gasteiger partial charge in [0, 0.05) is 42.7 Å². The largest absolute Gasteiger partial charge is 0.361 e. The predicted molar refractivity (Wildman–Crippen MR) is 125 cm³/mol. The highest BCUT2D eigenvalue weighted by Crippen LogP contribution is 2.27. The van der Waals surface area contributed by atoms with Gasteiger partial charge in [-0.05, 0) is 29.2 Å². The van der Waals surface area contributed by atoms with Gasteiger partial charge in [-0.2, -0.15) is 0 Å². The van der Waals surface area contributed by atoms with E-state index >= 15 is 0 Å². The Bertz CT molecular complexity index is 1110. The standard InChI is InChI=1S/C27H27N3O/c31-27-26(17-22-18-29-25-14-8-7-13-23(22)25)28-15-16-30(27)19-24(20-9-3-1-4-10-20)21-11-5-2-6-12-21/h1-14,18,24,26,28-29H,15-17,19H2/t26-/m0/s1. The van der Waals surface area contributed by atoms with Gasteiger partial charge in [0.15, 0.2) is 0 Å². The molecule has 2 N–H and O–H groups in total. The zero-order valence-corrected chi connectivity index (χ0v) is 17.5. The fourth-order valence-corrected chi connectivity index (χ4v) is 4.65. The lowest BCUT2D eigenvalue weighted by atomic mass is 9.90. The van der Waals surface area contributed by atoms with Crippen molar-refractivity contribution in [3.8, 4) is 0 Å². The van der Waals surface area contributed by atoms with E-state index < -0.39 is 0 Å². The number of nitrogens with one attached hydrogen (secondary N) is 2. The number of H-pyrrole nitrogens is 1. The molecular formula is C27H27N3O. The van der Waals surface area contributed by atoms with E-state index in [9.17, 15) is 4.79 Å². The summed E-state index contributed by atoms with van der Waals surface area (Å²) in [6.45, 7) is 2.24. The highest BCUT2D eigenvalue weighted by atomic mass is 16.2. The van der Waals surface area contributed by atoms with Gasteiger partial charge >= 0.3 is 0 Å². The first-order chi connectivity index (χ1) is 15.3. The van der Waals surface area contributed by atoms with Crippen LogP contribution in [0.25, 0.3) is 10.9 Å². The smallest absolute Gasteiger partial charge is 0.240 e. The number of rotatable bonds is 6. The van der Waals surface area contributed by atoms with Crippen molar-refractivity contribution >= 4 is 16.8 Å². The number of aromatic nitrogens is 1. The number of fused-ring (bicyclic) bond motifs is 1. The molecule has 0 bridgehead atoms. The third-order valence-electron chi connectivity index (χ3n) is 6.29. The van der Waals surface area contributed by atoms with Gasteiger partial charge in [0.25, 0.3) is 0 Å². The first-order valence-electron chi connectivity index (χ1n) is 11.0. The summed E-state index contributed by atoms with van der Waals surface area (Å²) in [4.78, 5) is 18.8. The molecule has 4 aromatic rings. The van der Waals surface area contributed by atoms with Crippen LogP contribution in [0.3, 0.4) is 0 Å². The lowest BCUT2D eigenvalue weighted by Crippen LogP contribution is -2.56. The Balaban J connectivity index is 1.37. The van der Waals surface area contributed by atoms with E-state index in [1.54, 1.807) is 0 Å². The number of amides is 1. The molecule has 0 spiro atoms. The van der Waals surface area contributed by atoms with E-state index in [1.807, 2.05) is 35.4 Å². The lowest BCUT2D eigenvalue weighted by molar-refractivity contribution is -0.135. The predicted octanol–water partition coefficient (Wildman–Crippen LogP) is 4.34. The van der Waals surface area contributed by atoms with E-state index in [1.165, 1.54) is 22.1 Å². The van der Waals surface area contributed by atoms with E-state index in [0.717, 1.165) is 18.6 Å². The normalized spacial score (nSPS) is 16.9. The Hall–Kier alpha value is -3.37. The van der Waals surface area contributed by atoms with Gasteiger partial charge < -0.3 is 15.2 Å². The number of carbonyl (C=O) groups excluding carboxylic acids is 1. The van der Waals surface area contributed by atoms with Gasteiger partial charge in [0.1, 0.15) is 0 Å². The molecule has 0 unspecified atom stereocenters. The van der Waals surface area contributed by atoms with Gasteiger partial charge in [0.05, 0.1) is 6.04 Å². The molecule has 156 valence electrons. The topological polar surface area (TPSA) is 48.1 Å². The summed E-state index contributed by atoms with van der Waals surface area (Å²) in [6.07, 6.45) is 2.73. The Labute approximate surface area is 182 Å². The molecule has 4 nitrogen and oxygen atoms in total. The first-order valence-corrected chi connectivity index (χ1v) is 11.0. The average Bonchev–Trinajstić information content (AvgIpc) is 3.24. The molecule has 1 aliphatic rings. The van der Waals surface area contributed by atoms with Crippen LogP contribution >= 0.6 is 0 Å². The van der Waals surface area contributed by atoms with Crippen LogP contribution < -0.4 is 5.32 Å². The SMILES string of the molecule is O=C1[C@H](Cc2c[nH]c3ccccc23)NCCN1CC(c1ccccc1)c1ccccc1. The Morgan fingerprint density at radius 1 is 0.871 bits per heavy atom. The molecule has 0 saturated carbocycles. The molecule has 1 aliphatic heterocycles. The summed E-state index contributed by atoms with van der Waals surface area (Å²) in [5.74, 6) is 0.353. The molecule has 1 amide bonds. The highest BCUT2D eigenvalue weighted by Gasteiger charge is 2.31. The van der Waals surface area contributed by atoms with Crippen molar-refractivity contribution in [1.29, 1.82) is 0 Å². The number of benzene rings is 3. The van der Waals surface area contributed by atoms with Gasteiger partial charge in [-0.15, -0.1) is 0 Å². The molecule has 1 atom stereocenters. The maximum Gasteiger partial charge on any atom is 0.240 e. The average molecular weight is 410 g/mol.